The predicted octanol–water partition coefficient (Wildman–Crippen LogP) is 3.70. The van der Waals surface area contributed by atoms with Crippen LogP contribution in [0.2, 0.25) is 0 Å². The lowest BCUT2D eigenvalue weighted by molar-refractivity contribution is 0.219. The van der Waals surface area contributed by atoms with Gasteiger partial charge in [-0.25, -0.2) is 0 Å². The van der Waals surface area contributed by atoms with Crippen LogP contribution in [0.25, 0.3) is 0 Å². The maximum Gasteiger partial charge on any atom is 0.122 e. The van der Waals surface area contributed by atoms with E-state index in [-0.39, 0.29) is 0 Å². The van der Waals surface area contributed by atoms with Crippen molar-refractivity contribution in [1.29, 1.82) is 0 Å². The van der Waals surface area contributed by atoms with Gasteiger partial charge in [0.2, 0.25) is 0 Å². The number of aliphatic hydroxyl groups is 1. The van der Waals surface area contributed by atoms with Gasteiger partial charge >= 0.3 is 0 Å². The van der Waals surface area contributed by atoms with E-state index in [1.807, 2.05) is 43.3 Å². The van der Waals surface area contributed by atoms with E-state index in [1.165, 1.54) is 11.1 Å². The molecule has 0 aliphatic heterocycles. The summed E-state index contributed by atoms with van der Waals surface area (Å²) in [6, 6.07) is 11.9. The topological polar surface area (TPSA) is 29.5 Å². The Bertz CT molecular complexity index is 588. The van der Waals surface area contributed by atoms with Crippen molar-refractivity contribution in [2.75, 3.05) is 7.11 Å². The largest absolute Gasteiger partial charge is 0.496 e. The number of aryl methyl sites for hydroxylation is 3. The van der Waals surface area contributed by atoms with Crippen LogP contribution >= 0.6 is 0 Å². The lowest BCUT2D eigenvalue weighted by atomic mass is 9.97. The van der Waals surface area contributed by atoms with E-state index in [1.54, 1.807) is 7.11 Å². The molecule has 2 heteroatoms. The summed E-state index contributed by atoms with van der Waals surface area (Å²) in [5.74, 6) is 0.806. The highest BCUT2D eigenvalue weighted by molar-refractivity contribution is 5.41. The summed E-state index contributed by atoms with van der Waals surface area (Å²) in [4.78, 5) is 0. The lowest BCUT2D eigenvalue weighted by Gasteiger charge is -2.15. The third kappa shape index (κ3) is 2.79. The van der Waals surface area contributed by atoms with Crippen molar-refractivity contribution >= 4 is 0 Å². The number of rotatable bonds is 3. The maximum absolute atomic E-state index is 10.5. The van der Waals surface area contributed by atoms with Crippen molar-refractivity contribution in [1.82, 2.24) is 0 Å². The summed E-state index contributed by atoms with van der Waals surface area (Å²) in [6.07, 6.45) is -0.617. The van der Waals surface area contributed by atoms with Gasteiger partial charge in [0.05, 0.1) is 7.11 Å². The number of hydrogen-bond acceptors (Lipinski definition) is 2. The van der Waals surface area contributed by atoms with Crippen LogP contribution in [0.4, 0.5) is 0 Å². The minimum Gasteiger partial charge on any atom is -0.496 e. The van der Waals surface area contributed by atoms with Crippen molar-refractivity contribution in [2.24, 2.45) is 0 Å². The van der Waals surface area contributed by atoms with Gasteiger partial charge in [-0.05, 0) is 54.7 Å². The minimum absolute atomic E-state index is 0.617. The van der Waals surface area contributed by atoms with E-state index in [0.717, 1.165) is 22.4 Å². The molecule has 0 radical (unpaired) electrons. The van der Waals surface area contributed by atoms with Crippen LogP contribution in [0, 0.1) is 20.8 Å². The average molecular weight is 256 g/mol. The van der Waals surface area contributed by atoms with Gasteiger partial charge in [-0.3, -0.25) is 0 Å². The summed E-state index contributed by atoms with van der Waals surface area (Å²) in [7, 11) is 1.65. The molecule has 2 aromatic rings. The van der Waals surface area contributed by atoms with Crippen molar-refractivity contribution < 1.29 is 9.84 Å². The van der Waals surface area contributed by atoms with Crippen LogP contribution in [-0.4, -0.2) is 12.2 Å². The molecule has 0 aliphatic carbocycles. The second-order valence-corrected chi connectivity index (χ2v) is 4.98. The number of ether oxygens (including phenoxy) is 1. The van der Waals surface area contributed by atoms with Crippen molar-refractivity contribution in [3.05, 3.63) is 64.2 Å². The van der Waals surface area contributed by atoms with E-state index in [9.17, 15) is 5.11 Å². The molecule has 2 rings (SSSR count). The Morgan fingerprint density at radius 1 is 0.842 bits per heavy atom. The molecule has 2 nitrogen and oxygen atoms in total. The van der Waals surface area contributed by atoms with Gasteiger partial charge < -0.3 is 9.84 Å². The molecule has 0 saturated heterocycles. The molecular formula is C17H20O2. The highest BCUT2D eigenvalue weighted by atomic mass is 16.5. The zero-order chi connectivity index (χ0) is 14.0. The highest BCUT2D eigenvalue weighted by Crippen LogP contribution is 2.28. The first-order valence-corrected chi connectivity index (χ1v) is 6.42. The zero-order valence-electron chi connectivity index (χ0n) is 11.9. The Kier molecular flexibility index (Phi) is 3.91. The quantitative estimate of drug-likeness (QED) is 0.907. The van der Waals surface area contributed by atoms with Crippen LogP contribution in [0.5, 0.6) is 5.75 Å². The molecule has 0 aliphatic rings. The van der Waals surface area contributed by atoms with Gasteiger partial charge in [0, 0.05) is 0 Å². The molecule has 1 unspecified atom stereocenters. The first kappa shape index (κ1) is 13.6. The van der Waals surface area contributed by atoms with E-state index < -0.39 is 6.10 Å². The molecule has 0 heterocycles. The van der Waals surface area contributed by atoms with Gasteiger partial charge in [0.15, 0.2) is 0 Å². The summed E-state index contributed by atoms with van der Waals surface area (Å²) < 4.78 is 5.30. The molecule has 0 fully saturated rings. The normalized spacial score (nSPS) is 12.3. The molecule has 0 saturated carbocycles. The first-order chi connectivity index (χ1) is 9.02. The Balaban J connectivity index is 2.37. The minimum atomic E-state index is -0.617. The van der Waals surface area contributed by atoms with Gasteiger partial charge in [0.1, 0.15) is 11.9 Å². The SMILES string of the molecule is COc1cc(C(O)c2ccc(C)c(C)c2)ccc1C. The van der Waals surface area contributed by atoms with Crippen molar-refractivity contribution in [3.8, 4) is 5.75 Å². The average Bonchev–Trinajstić information content (AvgIpc) is 2.41. The summed E-state index contributed by atoms with van der Waals surface area (Å²) in [5, 5.41) is 10.5. The maximum atomic E-state index is 10.5. The summed E-state index contributed by atoms with van der Waals surface area (Å²) in [5.41, 5.74) is 5.26. The molecule has 2 aromatic carbocycles. The van der Waals surface area contributed by atoms with Gasteiger partial charge in [-0.15, -0.1) is 0 Å². The van der Waals surface area contributed by atoms with E-state index >= 15 is 0 Å². The standard InChI is InChI=1S/C17H20O2/c1-11-5-7-14(9-13(11)3)17(18)15-8-6-12(2)16(10-15)19-4/h5-10,17-18H,1-4H3. The second-order valence-electron chi connectivity index (χ2n) is 4.98. The third-order valence-electron chi connectivity index (χ3n) is 3.59. The summed E-state index contributed by atoms with van der Waals surface area (Å²) in [6.45, 7) is 6.12. The number of aliphatic hydroxyl groups excluding tert-OH is 1. The Morgan fingerprint density at radius 2 is 1.42 bits per heavy atom. The molecule has 1 N–H and O–H groups in total. The van der Waals surface area contributed by atoms with Gasteiger partial charge in [0.25, 0.3) is 0 Å². The number of benzene rings is 2. The van der Waals surface area contributed by atoms with Crippen LogP contribution in [0.3, 0.4) is 0 Å². The predicted molar refractivity (Wildman–Crippen MR) is 77.7 cm³/mol. The van der Waals surface area contributed by atoms with Crippen LogP contribution in [-0.2, 0) is 0 Å². The van der Waals surface area contributed by atoms with Crippen LogP contribution in [0.15, 0.2) is 36.4 Å². The Hall–Kier alpha value is -1.80. The Labute approximate surface area is 114 Å². The molecule has 0 amide bonds. The number of hydrogen-bond donors (Lipinski definition) is 1. The fraction of sp³-hybridized carbons (Fsp3) is 0.294. The molecule has 100 valence electrons. The van der Waals surface area contributed by atoms with E-state index in [4.69, 9.17) is 4.74 Å². The van der Waals surface area contributed by atoms with Gasteiger partial charge in [-0.1, -0.05) is 30.3 Å². The lowest BCUT2D eigenvalue weighted by Crippen LogP contribution is -2.01. The molecule has 0 aromatic heterocycles. The molecular weight excluding hydrogens is 236 g/mol. The van der Waals surface area contributed by atoms with Crippen molar-refractivity contribution in [2.45, 2.75) is 26.9 Å². The summed E-state index contributed by atoms with van der Waals surface area (Å²) >= 11 is 0. The first-order valence-electron chi connectivity index (χ1n) is 6.42. The fourth-order valence-electron chi connectivity index (χ4n) is 2.13. The van der Waals surface area contributed by atoms with E-state index in [2.05, 4.69) is 13.8 Å². The molecule has 0 bridgehead atoms. The van der Waals surface area contributed by atoms with E-state index in [0.29, 0.717) is 0 Å². The smallest absolute Gasteiger partial charge is 0.122 e. The third-order valence-corrected chi connectivity index (χ3v) is 3.59. The highest BCUT2D eigenvalue weighted by Gasteiger charge is 2.12. The Morgan fingerprint density at radius 3 is 2.00 bits per heavy atom. The van der Waals surface area contributed by atoms with Crippen LogP contribution < -0.4 is 4.74 Å². The molecule has 19 heavy (non-hydrogen) atoms. The fourth-order valence-corrected chi connectivity index (χ4v) is 2.13. The van der Waals surface area contributed by atoms with Gasteiger partial charge in [-0.2, -0.15) is 0 Å². The zero-order valence-corrected chi connectivity index (χ0v) is 11.9. The molecule has 1 atom stereocenters. The van der Waals surface area contributed by atoms with Crippen molar-refractivity contribution in [3.63, 3.8) is 0 Å². The monoisotopic (exact) mass is 256 g/mol. The van der Waals surface area contributed by atoms with Crippen LogP contribution in [0.1, 0.15) is 33.9 Å². The number of methoxy groups -OCH3 is 1. The second kappa shape index (κ2) is 5.45. The molecule has 0 spiro atoms.